The monoisotopic (exact) mass is 304 g/mol. The molecule has 3 atom stereocenters. The van der Waals surface area contributed by atoms with Gasteiger partial charge in [-0.3, -0.25) is 9.63 Å². The van der Waals surface area contributed by atoms with Gasteiger partial charge in [0.15, 0.2) is 0 Å². The van der Waals surface area contributed by atoms with E-state index in [1.54, 1.807) is 0 Å². The normalized spacial score (nSPS) is 24.4. The van der Waals surface area contributed by atoms with Gasteiger partial charge in [-0.2, -0.15) is 0 Å². The third-order valence-corrected chi connectivity index (χ3v) is 4.63. The maximum atomic E-state index is 12.4. The van der Waals surface area contributed by atoms with E-state index in [0.717, 1.165) is 11.3 Å². The fourth-order valence-electron chi connectivity index (χ4n) is 2.88. The van der Waals surface area contributed by atoms with Gasteiger partial charge in [-0.25, -0.2) is 5.48 Å². The number of hydrogen-bond donors (Lipinski definition) is 2. The van der Waals surface area contributed by atoms with E-state index in [-0.39, 0.29) is 5.91 Å². The molecule has 122 valence electrons. The number of nitrogens with one attached hydrogen (secondary N) is 2. The molecule has 0 aliphatic carbocycles. The summed E-state index contributed by atoms with van der Waals surface area (Å²) in [6, 6.07) is 4.36. The average Bonchev–Trinajstić information content (AvgIpc) is 2.43. The van der Waals surface area contributed by atoms with Crippen molar-refractivity contribution in [3.63, 3.8) is 0 Å². The molecule has 0 bridgehead atoms. The summed E-state index contributed by atoms with van der Waals surface area (Å²) in [5.41, 5.74) is 6.17. The lowest BCUT2D eigenvalue weighted by molar-refractivity contribution is -0.0589. The zero-order valence-corrected chi connectivity index (χ0v) is 14.7. The molecule has 2 rings (SSSR count). The van der Waals surface area contributed by atoms with E-state index < -0.39 is 5.60 Å². The van der Waals surface area contributed by atoms with Crippen LogP contribution in [0.25, 0.3) is 0 Å². The van der Waals surface area contributed by atoms with Crippen LogP contribution >= 0.6 is 0 Å². The van der Waals surface area contributed by atoms with Gasteiger partial charge >= 0.3 is 0 Å². The quantitative estimate of drug-likeness (QED) is 0.812. The van der Waals surface area contributed by atoms with E-state index >= 15 is 0 Å². The van der Waals surface area contributed by atoms with Crippen LogP contribution in [0.5, 0.6) is 0 Å². The van der Waals surface area contributed by atoms with Crippen molar-refractivity contribution in [1.29, 1.82) is 0 Å². The van der Waals surface area contributed by atoms with Gasteiger partial charge < -0.3 is 5.32 Å². The van der Waals surface area contributed by atoms with Crippen molar-refractivity contribution >= 4 is 11.6 Å². The van der Waals surface area contributed by atoms with Crippen LogP contribution in [0.15, 0.2) is 12.1 Å². The number of anilines is 1. The van der Waals surface area contributed by atoms with Crippen LogP contribution in [-0.4, -0.2) is 17.6 Å². The van der Waals surface area contributed by atoms with Gasteiger partial charge in [0.25, 0.3) is 5.91 Å². The lowest BCUT2D eigenvalue weighted by atomic mass is 9.79. The molecule has 22 heavy (non-hydrogen) atoms. The summed E-state index contributed by atoms with van der Waals surface area (Å²) in [4.78, 5) is 17.7. The predicted molar refractivity (Wildman–Crippen MR) is 90.1 cm³/mol. The van der Waals surface area contributed by atoms with E-state index in [9.17, 15) is 4.79 Å². The third kappa shape index (κ3) is 3.27. The molecule has 0 aromatic heterocycles. The Kier molecular flexibility index (Phi) is 4.52. The summed E-state index contributed by atoms with van der Waals surface area (Å²) in [6.45, 7) is 14.4. The smallest absolute Gasteiger partial charge is 0.275 e. The number of rotatable bonds is 2. The molecule has 0 spiro atoms. The van der Waals surface area contributed by atoms with Crippen molar-refractivity contribution in [2.45, 2.75) is 66.0 Å². The highest BCUT2D eigenvalue weighted by Crippen LogP contribution is 2.40. The maximum absolute atomic E-state index is 12.4. The van der Waals surface area contributed by atoms with Gasteiger partial charge in [-0.1, -0.05) is 19.9 Å². The first-order chi connectivity index (χ1) is 10.1. The van der Waals surface area contributed by atoms with E-state index in [4.69, 9.17) is 4.84 Å². The molecule has 1 heterocycles. The first-order valence-corrected chi connectivity index (χ1v) is 8.00. The lowest BCUT2D eigenvalue weighted by Gasteiger charge is -2.37. The summed E-state index contributed by atoms with van der Waals surface area (Å²) in [7, 11) is 0. The van der Waals surface area contributed by atoms with Crippen molar-refractivity contribution in [3.05, 3.63) is 28.8 Å². The summed E-state index contributed by atoms with van der Waals surface area (Å²) < 4.78 is 0. The van der Waals surface area contributed by atoms with E-state index in [2.05, 4.69) is 37.6 Å². The highest BCUT2D eigenvalue weighted by Gasteiger charge is 2.30. The molecule has 1 amide bonds. The fraction of sp³-hybridized carbons (Fsp3) is 0.611. The first-order valence-electron chi connectivity index (χ1n) is 8.00. The first kappa shape index (κ1) is 16.8. The standard InChI is InChI=1S/C18H28N2O2/c1-10-11(2)14-8-9-15(12(3)16(14)19-13(10)4)17(21)20-22-18(5,6)7/h8-11,13,19H,1-7H3,(H,20,21). The minimum absolute atomic E-state index is 0.198. The topological polar surface area (TPSA) is 50.4 Å². The molecule has 4 nitrogen and oxygen atoms in total. The Morgan fingerprint density at radius 1 is 1.23 bits per heavy atom. The Morgan fingerprint density at radius 2 is 1.86 bits per heavy atom. The lowest BCUT2D eigenvalue weighted by Crippen LogP contribution is -2.35. The van der Waals surface area contributed by atoms with Crippen molar-refractivity contribution in [2.24, 2.45) is 5.92 Å². The van der Waals surface area contributed by atoms with Crippen LogP contribution < -0.4 is 10.8 Å². The second-order valence-electron chi connectivity index (χ2n) is 7.43. The van der Waals surface area contributed by atoms with E-state index in [0.29, 0.717) is 23.4 Å². The molecule has 0 radical (unpaired) electrons. The largest absolute Gasteiger partial charge is 0.382 e. The van der Waals surface area contributed by atoms with Crippen LogP contribution in [0.4, 0.5) is 5.69 Å². The zero-order valence-electron chi connectivity index (χ0n) is 14.7. The Balaban J connectivity index is 2.30. The summed E-state index contributed by atoms with van der Waals surface area (Å²) in [5.74, 6) is 0.847. The molecular weight excluding hydrogens is 276 g/mol. The Bertz CT molecular complexity index is 575. The molecule has 1 aromatic rings. The Hall–Kier alpha value is -1.55. The number of carbonyl (C=O) groups is 1. The molecule has 1 aliphatic heterocycles. The van der Waals surface area contributed by atoms with Gasteiger partial charge in [-0.05, 0) is 63.6 Å². The molecule has 3 unspecified atom stereocenters. The van der Waals surface area contributed by atoms with Crippen LogP contribution in [0.1, 0.15) is 68.9 Å². The molecule has 0 saturated heterocycles. The van der Waals surface area contributed by atoms with Gasteiger partial charge in [0.1, 0.15) is 0 Å². The number of hydrogen-bond acceptors (Lipinski definition) is 3. The molecular formula is C18H28N2O2. The average molecular weight is 304 g/mol. The van der Waals surface area contributed by atoms with Crippen LogP contribution in [0.2, 0.25) is 0 Å². The maximum Gasteiger partial charge on any atom is 0.275 e. The second kappa shape index (κ2) is 5.92. The number of benzene rings is 1. The minimum atomic E-state index is -0.408. The van der Waals surface area contributed by atoms with Gasteiger partial charge in [0, 0.05) is 17.3 Å². The van der Waals surface area contributed by atoms with Crippen molar-refractivity contribution in [3.8, 4) is 0 Å². The van der Waals surface area contributed by atoms with Crippen molar-refractivity contribution < 1.29 is 9.63 Å². The predicted octanol–water partition coefficient (Wildman–Crippen LogP) is 4.01. The molecule has 4 heteroatoms. The van der Waals surface area contributed by atoms with Crippen molar-refractivity contribution in [2.75, 3.05) is 5.32 Å². The number of carbonyl (C=O) groups excluding carboxylic acids is 1. The van der Waals surface area contributed by atoms with Gasteiger partial charge in [-0.15, -0.1) is 0 Å². The highest BCUT2D eigenvalue weighted by atomic mass is 16.7. The Morgan fingerprint density at radius 3 is 2.45 bits per heavy atom. The second-order valence-corrected chi connectivity index (χ2v) is 7.43. The summed E-state index contributed by atoms with van der Waals surface area (Å²) >= 11 is 0. The number of amides is 1. The molecule has 0 fully saturated rings. The highest BCUT2D eigenvalue weighted by molar-refractivity contribution is 5.97. The zero-order chi connectivity index (χ0) is 16.7. The van der Waals surface area contributed by atoms with Crippen LogP contribution in [0, 0.1) is 12.8 Å². The van der Waals surface area contributed by atoms with E-state index in [1.165, 1.54) is 5.56 Å². The molecule has 1 aliphatic rings. The van der Waals surface area contributed by atoms with Gasteiger partial charge in [0.2, 0.25) is 0 Å². The fourth-order valence-corrected chi connectivity index (χ4v) is 2.88. The summed E-state index contributed by atoms with van der Waals surface area (Å²) in [6.07, 6.45) is 0. The molecule has 1 aromatic carbocycles. The third-order valence-electron chi connectivity index (χ3n) is 4.63. The Labute approximate surface area is 133 Å². The SMILES string of the molecule is Cc1c(C(=O)NOC(C)(C)C)ccc2c1NC(C)C(C)C2C. The van der Waals surface area contributed by atoms with Crippen LogP contribution in [-0.2, 0) is 4.84 Å². The van der Waals surface area contributed by atoms with Crippen molar-refractivity contribution in [1.82, 2.24) is 5.48 Å². The van der Waals surface area contributed by atoms with Crippen LogP contribution in [0.3, 0.4) is 0 Å². The summed E-state index contributed by atoms with van der Waals surface area (Å²) in [5, 5.41) is 3.56. The molecule has 2 N–H and O–H groups in total. The number of fused-ring (bicyclic) bond motifs is 1. The van der Waals surface area contributed by atoms with E-state index in [1.807, 2.05) is 33.8 Å². The number of hydroxylamine groups is 1. The van der Waals surface area contributed by atoms with Gasteiger partial charge in [0.05, 0.1) is 5.60 Å². The molecule has 0 saturated carbocycles. The minimum Gasteiger partial charge on any atom is -0.382 e.